The van der Waals surface area contributed by atoms with Gasteiger partial charge in [-0.2, -0.15) is 0 Å². The first-order valence-electron chi connectivity index (χ1n) is 14.9. The van der Waals surface area contributed by atoms with Crippen LogP contribution in [0.1, 0.15) is 34.3 Å². The van der Waals surface area contributed by atoms with Gasteiger partial charge < -0.3 is 20.4 Å². The van der Waals surface area contributed by atoms with Crippen molar-refractivity contribution < 1.29 is 13.6 Å². The molecule has 0 unspecified atom stereocenters. The van der Waals surface area contributed by atoms with Gasteiger partial charge in [0.15, 0.2) is 5.13 Å². The largest absolute Gasteiger partial charge is 0.348 e. The number of fused-ring (bicyclic) bond motifs is 1. The molecule has 4 heterocycles. The summed E-state index contributed by atoms with van der Waals surface area (Å²) in [4.78, 5) is 32.7. The molecule has 0 radical (unpaired) electrons. The third kappa shape index (κ3) is 6.13. The van der Waals surface area contributed by atoms with Crippen LogP contribution in [-0.4, -0.2) is 52.4 Å². The smallest absolute Gasteiger partial charge is 0.261 e. The molecule has 7 rings (SSSR count). The number of rotatable bonds is 7. The number of hydrogen-bond acceptors (Lipinski definition) is 8. The molecule has 2 aliphatic rings. The van der Waals surface area contributed by atoms with E-state index in [0.29, 0.717) is 23.0 Å². The highest BCUT2D eigenvalue weighted by Crippen LogP contribution is 2.41. The molecule has 8 nitrogen and oxygen atoms in total. The van der Waals surface area contributed by atoms with Crippen molar-refractivity contribution in [3.63, 3.8) is 0 Å². The minimum Gasteiger partial charge on any atom is -0.348 e. The van der Waals surface area contributed by atoms with Crippen molar-refractivity contribution in [1.82, 2.24) is 19.9 Å². The lowest BCUT2D eigenvalue weighted by Gasteiger charge is -2.25. The quantitative estimate of drug-likeness (QED) is 0.200. The minimum absolute atomic E-state index is 0.393. The van der Waals surface area contributed by atoms with E-state index in [0.717, 1.165) is 78.8 Å². The molecule has 0 spiro atoms. The van der Waals surface area contributed by atoms with E-state index in [2.05, 4.69) is 50.7 Å². The minimum atomic E-state index is -0.920. The Bertz CT molecular complexity index is 1870. The number of benzene rings is 3. The first-order chi connectivity index (χ1) is 21.9. The van der Waals surface area contributed by atoms with E-state index in [1.807, 2.05) is 12.1 Å². The van der Waals surface area contributed by atoms with Crippen molar-refractivity contribution in [2.45, 2.75) is 25.8 Å². The number of anilines is 4. The van der Waals surface area contributed by atoms with Crippen molar-refractivity contribution >= 4 is 39.7 Å². The molecule has 228 valence electrons. The van der Waals surface area contributed by atoms with E-state index in [1.54, 1.807) is 35.7 Å². The molecule has 1 fully saturated rings. The fourth-order valence-corrected chi connectivity index (χ4v) is 6.93. The molecule has 1 saturated heterocycles. The maximum Gasteiger partial charge on any atom is 0.261 e. The van der Waals surface area contributed by atoms with Crippen LogP contribution in [0.25, 0.3) is 21.8 Å². The van der Waals surface area contributed by atoms with Gasteiger partial charge in [-0.25, -0.2) is 23.7 Å². The van der Waals surface area contributed by atoms with Gasteiger partial charge in [-0.1, -0.05) is 35.6 Å². The van der Waals surface area contributed by atoms with Gasteiger partial charge in [0.1, 0.15) is 17.2 Å². The van der Waals surface area contributed by atoms with E-state index >= 15 is 0 Å². The van der Waals surface area contributed by atoms with E-state index in [1.165, 1.54) is 17.2 Å². The average Bonchev–Trinajstić information content (AvgIpc) is 3.72. The third-order valence-electron chi connectivity index (χ3n) is 8.13. The lowest BCUT2D eigenvalue weighted by molar-refractivity contribution is 0.101. The van der Waals surface area contributed by atoms with Crippen molar-refractivity contribution in [3.05, 3.63) is 101 Å². The molecule has 2 N–H and O–H groups in total. The Kier molecular flexibility index (Phi) is 7.95. The number of hydrogen-bond donors (Lipinski definition) is 2. The fourth-order valence-electron chi connectivity index (χ4n) is 5.82. The Morgan fingerprint density at radius 2 is 1.69 bits per heavy atom. The van der Waals surface area contributed by atoms with Gasteiger partial charge in [-0.3, -0.25) is 4.79 Å². The lowest BCUT2D eigenvalue weighted by Crippen LogP contribution is -2.26. The molecule has 2 aliphatic heterocycles. The number of carbonyl (C=O) groups excluding carboxylic acids is 1. The number of likely N-dealkylation sites (N-methyl/N-ethyl adjacent to an activating group) is 1. The molecular formula is C34H31F2N7OS. The Morgan fingerprint density at radius 1 is 0.889 bits per heavy atom. The predicted octanol–water partition coefficient (Wildman–Crippen LogP) is 7.13. The van der Waals surface area contributed by atoms with Crippen molar-refractivity contribution in [2.75, 3.05) is 42.2 Å². The van der Waals surface area contributed by atoms with Crippen LogP contribution in [-0.2, 0) is 13.0 Å². The van der Waals surface area contributed by atoms with Crippen LogP contribution < -0.4 is 15.5 Å². The van der Waals surface area contributed by atoms with E-state index in [4.69, 9.17) is 9.97 Å². The number of halogens is 2. The van der Waals surface area contributed by atoms with Crippen LogP contribution in [0, 0.1) is 11.6 Å². The summed E-state index contributed by atoms with van der Waals surface area (Å²) in [5.41, 5.74) is 5.53. The number of amides is 1. The fraction of sp³-hybridized carbons (Fsp3) is 0.235. The van der Waals surface area contributed by atoms with Crippen molar-refractivity contribution in [1.29, 1.82) is 0 Å². The van der Waals surface area contributed by atoms with Crippen molar-refractivity contribution in [3.8, 4) is 21.8 Å². The summed E-state index contributed by atoms with van der Waals surface area (Å²) in [6.07, 6.45) is 4.99. The highest BCUT2D eigenvalue weighted by molar-refractivity contribution is 7.19. The van der Waals surface area contributed by atoms with Gasteiger partial charge in [-0.15, -0.1) is 0 Å². The molecule has 0 aliphatic carbocycles. The normalized spacial score (nSPS) is 14.8. The number of aromatic nitrogens is 3. The van der Waals surface area contributed by atoms with E-state index in [-0.39, 0.29) is 0 Å². The summed E-state index contributed by atoms with van der Waals surface area (Å²) in [7, 11) is 2.13. The second kappa shape index (κ2) is 12.3. The lowest BCUT2D eigenvalue weighted by atomic mass is 9.99. The highest BCUT2D eigenvalue weighted by atomic mass is 32.1. The summed E-state index contributed by atoms with van der Waals surface area (Å²) >= 11 is 1.56. The average molecular weight is 624 g/mol. The molecule has 3 aromatic carbocycles. The summed E-state index contributed by atoms with van der Waals surface area (Å²) in [6.45, 7) is 3.83. The monoisotopic (exact) mass is 623 g/mol. The molecule has 0 atom stereocenters. The van der Waals surface area contributed by atoms with Gasteiger partial charge in [0.2, 0.25) is 5.95 Å². The van der Waals surface area contributed by atoms with Gasteiger partial charge in [-0.05, 0) is 79.9 Å². The van der Waals surface area contributed by atoms with Gasteiger partial charge in [0, 0.05) is 49.3 Å². The van der Waals surface area contributed by atoms with Crippen LogP contribution in [0.5, 0.6) is 0 Å². The second-order valence-electron chi connectivity index (χ2n) is 11.4. The molecular weight excluding hydrogens is 592 g/mol. The summed E-state index contributed by atoms with van der Waals surface area (Å²) in [5.74, 6) is -2.22. The molecule has 11 heteroatoms. The standard InChI is InChI=1S/C34H31F2N7OS/c1-42-17-13-21-10-11-25(19-23(21)20-42)39-33-37-14-12-28(40-33)31-30(41-34(45-31)43-15-2-3-16-43)22-6-4-7-24(18-22)38-32(44)29-26(35)8-5-9-27(29)36/h4-12,14,18-19H,2-3,13,15-17,20H2,1H3,(H,38,44)(H,37,39,40). The number of carbonyl (C=O) groups is 1. The highest BCUT2D eigenvalue weighted by Gasteiger charge is 2.23. The Labute approximate surface area is 263 Å². The van der Waals surface area contributed by atoms with Crippen molar-refractivity contribution in [2.24, 2.45) is 0 Å². The molecule has 45 heavy (non-hydrogen) atoms. The van der Waals surface area contributed by atoms with Crippen LogP contribution >= 0.6 is 11.3 Å². The van der Waals surface area contributed by atoms with Crippen LogP contribution in [0.15, 0.2) is 72.9 Å². The van der Waals surface area contributed by atoms with E-state index < -0.39 is 23.1 Å². The zero-order valence-corrected chi connectivity index (χ0v) is 25.5. The van der Waals surface area contributed by atoms with Crippen LogP contribution in [0.3, 0.4) is 0 Å². The Hall–Kier alpha value is -4.74. The van der Waals surface area contributed by atoms with Crippen LogP contribution in [0.2, 0.25) is 0 Å². The number of thiazole rings is 1. The van der Waals surface area contributed by atoms with Gasteiger partial charge in [0.25, 0.3) is 5.91 Å². The zero-order chi connectivity index (χ0) is 30.9. The first kappa shape index (κ1) is 29.0. The molecule has 2 aromatic heterocycles. The maximum atomic E-state index is 14.3. The van der Waals surface area contributed by atoms with Crippen LogP contribution in [0.4, 0.5) is 31.2 Å². The Morgan fingerprint density at radius 3 is 2.51 bits per heavy atom. The second-order valence-corrected chi connectivity index (χ2v) is 12.3. The number of nitrogens with zero attached hydrogens (tertiary/aromatic N) is 5. The van der Waals surface area contributed by atoms with Gasteiger partial charge >= 0.3 is 0 Å². The summed E-state index contributed by atoms with van der Waals surface area (Å²) < 4.78 is 28.5. The zero-order valence-electron chi connectivity index (χ0n) is 24.7. The Balaban J connectivity index is 1.21. The molecule has 5 aromatic rings. The predicted molar refractivity (Wildman–Crippen MR) is 174 cm³/mol. The first-order valence-corrected chi connectivity index (χ1v) is 15.8. The molecule has 1 amide bonds. The molecule has 0 bridgehead atoms. The van der Waals surface area contributed by atoms with Gasteiger partial charge in [0.05, 0.1) is 16.3 Å². The maximum absolute atomic E-state index is 14.3. The SMILES string of the molecule is CN1CCc2ccc(Nc3nccc(-c4sc(N5CCCC5)nc4-c4cccc(NC(=O)c5c(F)cccc5F)c4)n3)cc2C1. The summed E-state index contributed by atoms with van der Waals surface area (Å²) in [6, 6.07) is 18.7. The number of nitrogens with one attached hydrogen (secondary N) is 2. The summed E-state index contributed by atoms with van der Waals surface area (Å²) in [5, 5.41) is 6.92. The topological polar surface area (TPSA) is 86.3 Å². The molecule has 0 saturated carbocycles. The third-order valence-corrected chi connectivity index (χ3v) is 9.27. The van der Waals surface area contributed by atoms with E-state index in [9.17, 15) is 13.6 Å².